The van der Waals surface area contributed by atoms with E-state index >= 15 is 0 Å². The Morgan fingerprint density at radius 3 is 2.33 bits per heavy atom. The van der Waals surface area contributed by atoms with E-state index < -0.39 is 0 Å². The molecule has 1 atom stereocenters. The SMILES string of the molecule is CCC1CCC(CNC(=O)NC(CC)CO)CC1. The zero-order chi connectivity index (χ0) is 13.4. The molecule has 1 unspecified atom stereocenters. The number of aliphatic hydroxyl groups is 1. The Kier molecular flexibility index (Phi) is 7.09. The first kappa shape index (κ1) is 15.3. The monoisotopic (exact) mass is 256 g/mol. The minimum absolute atomic E-state index is 0.00548. The van der Waals surface area contributed by atoms with Crippen molar-refractivity contribution in [1.29, 1.82) is 0 Å². The molecule has 1 aliphatic rings. The Morgan fingerprint density at radius 2 is 1.83 bits per heavy atom. The number of rotatable bonds is 6. The summed E-state index contributed by atoms with van der Waals surface area (Å²) in [5, 5.41) is 14.7. The molecule has 0 saturated heterocycles. The summed E-state index contributed by atoms with van der Waals surface area (Å²) in [6.07, 6.45) is 7.12. The molecule has 2 amide bonds. The summed E-state index contributed by atoms with van der Waals surface area (Å²) in [4.78, 5) is 11.6. The number of urea groups is 1. The van der Waals surface area contributed by atoms with Crippen molar-refractivity contribution in [2.24, 2.45) is 11.8 Å². The smallest absolute Gasteiger partial charge is 0.315 e. The van der Waals surface area contributed by atoms with E-state index in [2.05, 4.69) is 17.6 Å². The maximum atomic E-state index is 11.6. The van der Waals surface area contributed by atoms with Gasteiger partial charge in [0.15, 0.2) is 0 Å². The van der Waals surface area contributed by atoms with E-state index in [4.69, 9.17) is 5.11 Å². The molecule has 1 rings (SSSR count). The Hall–Kier alpha value is -0.770. The third-order valence-electron chi connectivity index (χ3n) is 4.14. The summed E-state index contributed by atoms with van der Waals surface area (Å²) in [7, 11) is 0. The Bertz CT molecular complexity index is 234. The molecular formula is C14H28N2O2. The highest BCUT2D eigenvalue weighted by atomic mass is 16.3. The summed E-state index contributed by atoms with van der Waals surface area (Å²) < 4.78 is 0. The third-order valence-corrected chi connectivity index (χ3v) is 4.14. The summed E-state index contributed by atoms with van der Waals surface area (Å²) >= 11 is 0. The van der Waals surface area contributed by atoms with Crippen molar-refractivity contribution < 1.29 is 9.90 Å². The van der Waals surface area contributed by atoms with Gasteiger partial charge in [-0.3, -0.25) is 0 Å². The minimum atomic E-state index is -0.145. The highest BCUT2D eigenvalue weighted by Crippen LogP contribution is 2.29. The number of carbonyl (C=O) groups excluding carboxylic acids is 1. The summed E-state index contributed by atoms with van der Waals surface area (Å²) in [6, 6.07) is -0.269. The molecule has 4 heteroatoms. The first-order valence-corrected chi connectivity index (χ1v) is 7.34. The molecule has 4 nitrogen and oxygen atoms in total. The normalized spacial score (nSPS) is 25.5. The predicted molar refractivity (Wildman–Crippen MR) is 73.4 cm³/mol. The first-order chi connectivity index (χ1) is 8.69. The second-order valence-electron chi connectivity index (χ2n) is 5.44. The average Bonchev–Trinajstić information content (AvgIpc) is 2.43. The van der Waals surface area contributed by atoms with E-state index in [1.165, 1.54) is 32.1 Å². The number of hydrogen-bond donors (Lipinski definition) is 3. The van der Waals surface area contributed by atoms with Gasteiger partial charge in [0.05, 0.1) is 12.6 Å². The third kappa shape index (κ3) is 5.25. The van der Waals surface area contributed by atoms with E-state index in [1.807, 2.05) is 6.92 Å². The van der Waals surface area contributed by atoms with Crippen molar-refractivity contribution in [3.05, 3.63) is 0 Å². The van der Waals surface area contributed by atoms with Crippen molar-refractivity contribution in [3.63, 3.8) is 0 Å². The van der Waals surface area contributed by atoms with Crippen LogP contribution < -0.4 is 10.6 Å². The van der Waals surface area contributed by atoms with Gasteiger partial charge in [-0.2, -0.15) is 0 Å². The fraction of sp³-hybridized carbons (Fsp3) is 0.929. The molecule has 18 heavy (non-hydrogen) atoms. The largest absolute Gasteiger partial charge is 0.394 e. The molecule has 0 aliphatic heterocycles. The molecule has 1 aliphatic carbocycles. The van der Waals surface area contributed by atoms with Crippen molar-refractivity contribution >= 4 is 6.03 Å². The zero-order valence-corrected chi connectivity index (χ0v) is 11.7. The minimum Gasteiger partial charge on any atom is -0.394 e. The Morgan fingerprint density at radius 1 is 1.22 bits per heavy atom. The van der Waals surface area contributed by atoms with Gasteiger partial charge < -0.3 is 15.7 Å². The number of hydrogen-bond acceptors (Lipinski definition) is 2. The van der Waals surface area contributed by atoms with Gasteiger partial charge in [-0.25, -0.2) is 4.79 Å². The number of nitrogens with one attached hydrogen (secondary N) is 2. The summed E-state index contributed by atoms with van der Waals surface area (Å²) in [6.45, 7) is 4.99. The predicted octanol–water partition coefficient (Wildman–Crippen LogP) is 2.27. The molecule has 1 fully saturated rings. The van der Waals surface area contributed by atoms with Crippen molar-refractivity contribution in [2.75, 3.05) is 13.2 Å². The average molecular weight is 256 g/mol. The lowest BCUT2D eigenvalue weighted by Crippen LogP contribution is -2.45. The number of carbonyl (C=O) groups is 1. The maximum absolute atomic E-state index is 11.6. The van der Waals surface area contributed by atoms with Crippen LogP contribution in [-0.2, 0) is 0 Å². The van der Waals surface area contributed by atoms with Gasteiger partial charge in [0.2, 0.25) is 0 Å². The lowest BCUT2D eigenvalue weighted by atomic mass is 9.81. The van der Waals surface area contributed by atoms with Crippen LogP contribution in [0.1, 0.15) is 52.4 Å². The molecule has 106 valence electrons. The van der Waals surface area contributed by atoms with Crippen LogP contribution in [0.3, 0.4) is 0 Å². The van der Waals surface area contributed by atoms with E-state index in [0.717, 1.165) is 18.9 Å². The number of amides is 2. The summed E-state index contributed by atoms with van der Waals surface area (Å²) in [5.41, 5.74) is 0. The highest BCUT2D eigenvalue weighted by Gasteiger charge is 2.20. The summed E-state index contributed by atoms with van der Waals surface area (Å²) in [5.74, 6) is 1.53. The fourth-order valence-electron chi connectivity index (χ4n) is 2.59. The van der Waals surface area contributed by atoms with Crippen LogP contribution in [0.2, 0.25) is 0 Å². The van der Waals surface area contributed by atoms with E-state index in [-0.39, 0.29) is 18.7 Å². The number of aliphatic hydroxyl groups excluding tert-OH is 1. The van der Waals surface area contributed by atoms with Crippen molar-refractivity contribution in [3.8, 4) is 0 Å². The Balaban J connectivity index is 2.15. The van der Waals surface area contributed by atoms with Gasteiger partial charge in [0.1, 0.15) is 0 Å². The maximum Gasteiger partial charge on any atom is 0.315 e. The zero-order valence-electron chi connectivity index (χ0n) is 11.7. The van der Waals surface area contributed by atoms with Gasteiger partial charge in [-0.15, -0.1) is 0 Å². The molecule has 0 aromatic heterocycles. The fourth-order valence-corrected chi connectivity index (χ4v) is 2.59. The first-order valence-electron chi connectivity index (χ1n) is 7.34. The van der Waals surface area contributed by atoms with Crippen LogP contribution in [0.25, 0.3) is 0 Å². The van der Waals surface area contributed by atoms with Crippen molar-refractivity contribution in [2.45, 2.75) is 58.4 Å². The molecular weight excluding hydrogens is 228 g/mol. The lowest BCUT2D eigenvalue weighted by molar-refractivity contribution is 0.209. The van der Waals surface area contributed by atoms with Crippen LogP contribution in [0, 0.1) is 11.8 Å². The highest BCUT2D eigenvalue weighted by molar-refractivity contribution is 5.74. The molecule has 0 aromatic carbocycles. The van der Waals surface area contributed by atoms with Crippen molar-refractivity contribution in [1.82, 2.24) is 10.6 Å². The van der Waals surface area contributed by atoms with Crippen LogP contribution in [0.5, 0.6) is 0 Å². The van der Waals surface area contributed by atoms with Crippen LogP contribution in [0.15, 0.2) is 0 Å². The standard InChI is InChI=1S/C14H28N2O2/c1-3-11-5-7-12(8-6-11)9-15-14(18)16-13(4-2)10-17/h11-13,17H,3-10H2,1-2H3,(H2,15,16,18). The molecule has 3 N–H and O–H groups in total. The van der Waals surface area contributed by atoms with Gasteiger partial charge in [-0.05, 0) is 31.1 Å². The molecule has 0 spiro atoms. The molecule has 0 bridgehead atoms. The quantitative estimate of drug-likeness (QED) is 0.682. The van der Waals surface area contributed by atoms with Gasteiger partial charge in [-0.1, -0.05) is 33.1 Å². The molecule has 0 radical (unpaired) electrons. The van der Waals surface area contributed by atoms with Crippen LogP contribution in [0.4, 0.5) is 4.79 Å². The molecule has 1 saturated carbocycles. The van der Waals surface area contributed by atoms with Crippen LogP contribution in [-0.4, -0.2) is 30.3 Å². The molecule has 0 heterocycles. The van der Waals surface area contributed by atoms with E-state index in [9.17, 15) is 4.79 Å². The second kappa shape index (κ2) is 8.35. The lowest BCUT2D eigenvalue weighted by Gasteiger charge is -2.28. The topological polar surface area (TPSA) is 61.4 Å². The van der Waals surface area contributed by atoms with E-state index in [1.54, 1.807) is 0 Å². The van der Waals surface area contributed by atoms with Crippen LogP contribution >= 0.6 is 0 Å². The van der Waals surface area contributed by atoms with Gasteiger partial charge >= 0.3 is 6.03 Å². The van der Waals surface area contributed by atoms with E-state index in [0.29, 0.717) is 5.92 Å². The van der Waals surface area contributed by atoms with Gasteiger partial charge in [0, 0.05) is 6.54 Å². The second-order valence-corrected chi connectivity index (χ2v) is 5.44. The Labute approximate surface area is 111 Å². The molecule has 0 aromatic rings. The van der Waals surface area contributed by atoms with Gasteiger partial charge in [0.25, 0.3) is 0 Å².